The van der Waals surface area contributed by atoms with Gasteiger partial charge in [0.2, 0.25) is 5.91 Å². The molecule has 1 aromatic rings. The van der Waals surface area contributed by atoms with E-state index in [0.717, 1.165) is 18.6 Å². The summed E-state index contributed by atoms with van der Waals surface area (Å²) in [6.07, 6.45) is 4.48. The zero-order valence-electron chi connectivity index (χ0n) is 9.41. The molecule has 3 nitrogen and oxygen atoms in total. The van der Waals surface area contributed by atoms with Gasteiger partial charge in [-0.1, -0.05) is 12.8 Å². The summed E-state index contributed by atoms with van der Waals surface area (Å²) in [5, 5.41) is 0. The van der Waals surface area contributed by atoms with Crippen LogP contribution in [-0.2, 0) is 11.3 Å². The molecule has 0 saturated heterocycles. The first-order valence-electron chi connectivity index (χ1n) is 5.66. The molecule has 0 bridgehead atoms. The highest BCUT2D eigenvalue weighted by Gasteiger charge is 2.25. The molecule has 0 N–H and O–H groups in total. The average molecular weight is 286 g/mol. The molecule has 0 radical (unpaired) electrons. The molecule has 0 unspecified atom stereocenters. The third-order valence-corrected chi connectivity index (χ3v) is 3.53. The van der Waals surface area contributed by atoms with E-state index in [1.165, 1.54) is 12.8 Å². The molecule has 1 aliphatic carbocycles. The molecule has 0 spiro atoms. The van der Waals surface area contributed by atoms with Gasteiger partial charge >= 0.3 is 0 Å². The van der Waals surface area contributed by atoms with Crippen LogP contribution in [0.5, 0.6) is 0 Å². The second-order valence-corrected chi connectivity index (χ2v) is 5.16. The van der Waals surface area contributed by atoms with Crippen LogP contribution in [0, 0.1) is 5.92 Å². The number of carbonyl (C=O) groups is 1. The van der Waals surface area contributed by atoms with Crippen molar-refractivity contribution in [2.75, 3.05) is 7.05 Å². The lowest BCUT2D eigenvalue weighted by atomic mass is 10.1. The molecule has 1 heterocycles. The van der Waals surface area contributed by atoms with E-state index in [4.69, 9.17) is 4.42 Å². The third-order valence-electron chi connectivity index (χ3n) is 3.10. The van der Waals surface area contributed by atoms with Gasteiger partial charge in [0.15, 0.2) is 4.67 Å². The minimum atomic E-state index is 0.239. The lowest BCUT2D eigenvalue weighted by Gasteiger charge is -2.19. The van der Waals surface area contributed by atoms with E-state index in [9.17, 15) is 4.79 Å². The quantitative estimate of drug-likeness (QED) is 0.855. The van der Waals surface area contributed by atoms with Crippen molar-refractivity contribution >= 4 is 21.8 Å². The molecule has 1 fully saturated rings. The number of amides is 1. The van der Waals surface area contributed by atoms with Crippen LogP contribution in [0.25, 0.3) is 0 Å². The predicted octanol–water partition coefficient (Wildman–Crippen LogP) is 3.19. The maximum atomic E-state index is 12.0. The Morgan fingerprint density at radius 2 is 2.19 bits per heavy atom. The van der Waals surface area contributed by atoms with Crippen LogP contribution < -0.4 is 0 Å². The maximum Gasteiger partial charge on any atom is 0.225 e. The Kier molecular flexibility index (Phi) is 3.69. The van der Waals surface area contributed by atoms with Crippen LogP contribution in [-0.4, -0.2) is 17.9 Å². The summed E-state index contributed by atoms with van der Waals surface area (Å²) in [5.41, 5.74) is 0. The van der Waals surface area contributed by atoms with Crippen LogP contribution in [0.1, 0.15) is 31.4 Å². The molecule has 1 amide bonds. The molecule has 0 aromatic carbocycles. The number of furan rings is 1. The Bertz CT molecular complexity index is 369. The Labute approximate surface area is 104 Å². The standard InChI is InChI=1S/C12H16BrNO2/c1-14(8-10-6-7-11(13)16-10)12(15)9-4-2-3-5-9/h6-7,9H,2-5,8H2,1H3. The molecule has 4 heteroatoms. The number of halogens is 1. The smallest absolute Gasteiger partial charge is 0.225 e. The molecule has 1 saturated carbocycles. The van der Waals surface area contributed by atoms with E-state index in [1.54, 1.807) is 4.90 Å². The summed E-state index contributed by atoms with van der Waals surface area (Å²) in [6, 6.07) is 3.74. The lowest BCUT2D eigenvalue weighted by molar-refractivity contribution is -0.134. The number of nitrogens with zero attached hydrogens (tertiary/aromatic N) is 1. The Balaban J connectivity index is 1.91. The number of rotatable bonds is 3. The van der Waals surface area contributed by atoms with Crippen LogP contribution in [0.2, 0.25) is 0 Å². The van der Waals surface area contributed by atoms with Crippen molar-refractivity contribution in [3.8, 4) is 0 Å². The molecular formula is C12H16BrNO2. The van der Waals surface area contributed by atoms with E-state index in [-0.39, 0.29) is 11.8 Å². The van der Waals surface area contributed by atoms with Gasteiger partial charge in [0.1, 0.15) is 5.76 Å². The van der Waals surface area contributed by atoms with Crippen molar-refractivity contribution in [2.24, 2.45) is 5.92 Å². The summed E-state index contributed by atoms with van der Waals surface area (Å²) in [7, 11) is 1.84. The predicted molar refractivity (Wildman–Crippen MR) is 64.8 cm³/mol. The fraction of sp³-hybridized carbons (Fsp3) is 0.583. The summed E-state index contributed by atoms with van der Waals surface area (Å²) in [4.78, 5) is 13.8. The van der Waals surface area contributed by atoms with Gasteiger partial charge in [-0.05, 0) is 40.9 Å². The number of carbonyl (C=O) groups excluding carboxylic acids is 1. The van der Waals surface area contributed by atoms with Gasteiger partial charge in [-0.15, -0.1) is 0 Å². The molecule has 0 atom stereocenters. The van der Waals surface area contributed by atoms with E-state index >= 15 is 0 Å². The second-order valence-electron chi connectivity index (χ2n) is 4.38. The largest absolute Gasteiger partial charge is 0.452 e. The van der Waals surface area contributed by atoms with Gasteiger partial charge in [-0.3, -0.25) is 4.79 Å². The van der Waals surface area contributed by atoms with Gasteiger partial charge in [-0.2, -0.15) is 0 Å². The first-order valence-corrected chi connectivity index (χ1v) is 6.45. The van der Waals surface area contributed by atoms with Crippen molar-refractivity contribution in [3.05, 3.63) is 22.6 Å². The highest BCUT2D eigenvalue weighted by molar-refractivity contribution is 9.10. The minimum Gasteiger partial charge on any atom is -0.452 e. The maximum absolute atomic E-state index is 12.0. The van der Waals surface area contributed by atoms with Crippen molar-refractivity contribution < 1.29 is 9.21 Å². The molecule has 1 aliphatic rings. The minimum absolute atomic E-state index is 0.239. The fourth-order valence-corrected chi connectivity index (χ4v) is 2.57. The first-order chi connectivity index (χ1) is 7.66. The van der Waals surface area contributed by atoms with Crippen molar-refractivity contribution in [1.29, 1.82) is 0 Å². The molecule has 0 aliphatic heterocycles. The zero-order valence-corrected chi connectivity index (χ0v) is 11.0. The topological polar surface area (TPSA) is 33.5 Å². The first kappa shape index (κ1) is 11.7. The van der Waals surface area contributed by atoms with E-state index in [0.29, 0.717) is 11.2 Å². The van der Waals surface area contributed by atoms with Crippen LogP contribution in [0.15, 0.2) is 21.2 Å². The Hall–Kier alpha value is -0.770. The fourth-order valence-electron chi connectivity index (χ4n) is 2.23. The SMILES string of the molecule is CN(Cc1ccc(Br)o1)C(=O)C1CCCC1. The van der Waals surface area contributed by atoms with Gasteiger partial charge in [0.05, 0.1) is 6.54 Å². The summed E-state index contributed by atoms with van der Waals surface area (Å²) in [6.45, 7) is 0.556. The number of hydrogen-bond acceptors (Lipinski definition) is 2. The molecule has 1 aromatic heterocycles. The zero-order chi connectivity index (χ0) is 11.5. The van der Waals surface area contributed by atoms with Gasteiger partial charge in [-0.25, -0.2) is 0 Å². The van der Waals surface area contributed by atoms with Crippen LogP contribution >= 0.6 is 15.9 Å². The molecule has 16 heavy (non-hydrogen) atoms. The number of hydrogen-bond donors (Lipinski definition) is 0. The van der Waals surface area contributed by atoms with E-state index in [2.05, 4.69) is 15.9 Å². The van der Waals surface area contributed by atoms with Gasteiger partial charge < -0.3 is 9.32 Å². The average Bonchev–Trinajstić information content (AvgIpc) is 2.88. The third kappa shape index (κ3) is 2.67. The summed E-state index contributed by atoms with van der Waals surface area (Å²) < 4.78 is 6.10. The summed E-state index contributed by atoms with van der Waals surface area (Å²) in [5.74, 6) is 1.31. The normalized spacial score (nSPS) is 16.6. The van der Waals surface area contributed by atoms with Crippen molar-refractivity contribution in [1.82, 2.24) is 4.90 Å². The van der Waals surface area contributed by atoms with Crippen LogP contribution in [0.4, 0.5) is 0 Å². The monoisotopic (exact) mass is 285 g/mol. The highest BCUT2D eigenvalue weighted by Crippen LogP contribution is 2.26. The van der Waals surface area contributed by atoms with Crippen molar-refractivity contribution in [3.63, 3.8) is 0 Å². The van der Waals surface area contributed by atoms with Gasteiger partial charge in [0.25, 0.3) is 0 Å². The lowest BCUT2D eigenvalue weighted by Crippen LogP contribution is -2.31. The van der Waals surface area contributed by atoms with E-state index in [1.807, 2.05) is 19.2 Å². The Morgan fingerprint density at radius 3 is 2.75 bits per heavy atom. The van der Waals surface area contributed by atoms with Crippen LogP contribution in [0.3, 0.4) is 0 Å². The second kappa shape index (κ2) is 5.04. The molecule has 88 valence electrons. The molecular weight excluding hydrogens is 270 g/mol. The highest BCUT2D eigenvalue weighted by atomic mass is 79.9. The van der Waals surface area contributed by atoms with Crippen molar-refractivity contribution in [2.45, 2.75) is 32.2 Å². The van der Waals surface area contributed by atoms with Gasteiger partial charge in [0, 0.05) is 13.0 Å². The van der Waals surface area contributed by atoms with E-state index < -0.39 is 0 Å². The Morgan fingerprint density at radius 1 is 1.50 bits per heavy atom. The summed E-state index contributed by atoms with van der Waals surface area (Å²) >= 11 is 3.26. The molecule has 2 rings (SSSR count).